The van der Waals surface area contributed by atoms with Gasteiger partial charge in [-0.05, 0) is 39.0 Å². The average molecular weight is 320 g/mol. The van der Waals surface area contributed by atoms with E-state index in [0.29, 0.717) is 25.9 Å². The number of halogens is 1. The molecule has 1 aliphatic heterocycles. The van der Waals surface area contributed by atoms with Gasteiger partial charge in [0.15, 0.2) is 11.6 Å². The van der Waals surface area contributed by atoms with Gasteiger partial charge >= 0.3 is 6.09 Å². The molecule has 0 aliphatic carbocycles. The summed E-state index contributed by atoms with van der Waals surface area (Å²) in [7, 11) is 0. The molecule has 1 fully saturated rings. The van der Waals surface area contributed by atoms with E-state index in [4.69, 9.17) is 14.7 Å². The second-order valence-corrected chi connectivity index (χ2v) is 6.54. The normalized spacial score (nSPS) is 15.9. The van der Waals surface area contributed by atoms with Crippen molar-refractivity contribution in [2.75, 3.05) is 13.1 Å². The van der Waals surface area contributed by atoms with Gasteiger partial charge in [-0.3, -0.25) is 0 Å². The predicted octanol–water partition coefficient (Wildman–Crippen LogP) is 3.48. The third-order valence-electron chi connectivity index (χ3n) is 3.45. The highest BCUT2D eigenvalue weighted by Crippen LogP contribution is 2.23. The summed E-state index contributed by atoms with van der Waals surface area (Å²) in [6.07, 6.45) is 0.730. The fraction of sp³-hybridized carbons (Fsp3) is 0.529. The minimum atomic E-state index is -0.543. The van der Waals surface area contributed by atoms with Gasteiger partial charge in [-0.2, -0.15) is 5.26 Å². The molecule has 0 radical (unpaired) electrons. The first kappa shape index (κ1) is 17.1. The van der Waals surface area contributed by atoms with E-state index in [2.05, 4.69) is 0 Å². The van der Waals surface area contributed by atoms with Crippen LogP contribution in [0.25, 0.3) is 0 Å². The Morgan fingerprint density at radius 2 is 2.00 bits per heavy atom. The molecule has 0 aromatic heterocycles. The van der Waals surface area contributed by atoms with Crippen LogP contribution in [0.4, 0.5) is 9.18 Å². The zero-order chi connectivity index (χ0) is 17.0. The first-order valence-electron chi connectivity index (χ1n) is 7.63. The predicted molar refractivity (Wildman–Crippen MR) is 82.6 cm³/mol. The summed E-state index contributed by atoms with van der Waals surface area (Å²) >= 11 is 0. The molecule has 0 saturated carbocycles. The molecule has 6 heteroatoms. The molecule has 1 aliphatic rings. The summed E-state index contributed by atoms with van der Waals surface area (Å²) < 4.78 is 24.8. The number of likely N-dealkylation sites (tertiary alicyclic amines) is 1. The van der Waals surface area contributed by atoms with Crippen molar-refractivity contribution in [3.8, 4) is 11.8 Å². The zero-order valence-electron chi connectivity index (χ0n) is 13.6. The number of hydrogen-bond donors (Lipinski definition) is 0. The topological polar surface area (TPSA) is 62.6 Å². The number of hydrogen-bond acceptors (Lipinski definition) is 4. The van der Waals surface area contributed by atoms with Crippen molar-refractivity contribution >= 4 is 6.09 Å². The fourth-order valence-corrected chi connectivity index (χ4v) is 2.33. The lowest BCUT2D eigenvalue weighted by atomic mass is 10.1. The molecule has 23 heavy (non-hydrogen) atoms. The molecule has 1 saturated heterocycles. The van der Waals surface area contributed by atoms with Crippen LogP contribution >= 0.6 is 0 Å². The lowest BCUT2D eigenvalue weighted by Gasteiger charge is -2.33. The van der Waals surface area contributed by atoms with Crippen LogP contribution in [-0.2, 0) is 4.74 Å². The molecule has 0 N–H and O–H groups in total. The standard InChI is InChI=1S/C17H21FN2O3/c1-17(2,3)23-16(21)20-8-6-13(7-9-20)22-15-5-4-12(11-19)10-14(15)18/h4-5,10,13H,6-9H2,1-3H3. The molecule has 1 heterocycles. The quantitative estimate of drug-likeness (QED) is 0.837. The molecular weight excluding hydrogens is 299 g/mol. The molecule has 0 atom stereocenters. The van der Waals surface area contributed by atoms with Gasteiger partial charge in [0.25, 0.3) is 0 Å². The third-order valence-corrected chi connectivity index (χ3v) is 3.45. The summed E-state index contributed by atoms with van der Waals surface area (Å²) in [6.45, 7) is 6.51. The number of carbonyl (C=O) groups excluding carboxylic acids is 1. The molecule has 1 amide bonds. The monoisotopic (exact) mass is 320 g/mol. The van der Waals surface area contributed by atoms with Gasteiger partial charge in [-0.15, -0.1) is 0 Å². The Morgan fingerprint density at radius 1 is 1.35 bits per heavy atom. The van der Waals surface area contributed by atoms with Crippen molar-refractivity contribution in [2.24, 2.45) is 0 Å². The van der Waals surface area contributed by atoms with Gasteiger partial charge in [-0.1, -0.05) is 0 Å². The Labute approximate surface area is 135 Å². The minimum absolute atomic E-state index is 0.139. The number of rotatable bonds is 2. The second-order valence-electron chi connectivity index (χ2n) is 6.54. The highest BCUT2D eigenvalue weighted by molar-refractivity contribution is 5.68. The van der Waals surface area contributed by atoms with Crippen LogP contribution in [0.3, 0.4) is 0 Å². The van der Waals surface area contributed by atoms with Crippen molar-refractivity contribution in [2.45, 2.75) is 45.3 Å². The summed E-state index contributed by atoms with van der Waals surface area (Å²) in [4.78, 5) is 13.6. The van der Waals surface area contributed by atoms with E-state index in [0.717, 1.165) is 6.07 Å². The number of benzene rings is 1. The lowest BCUT2D eigenvalue weighted by Crippen LogP contribution is -2.44. The summed E-state index contributed by atoms with van der Waals surface area (Å²) in [5.41, 5.74) is -0.259. The van der Waals surface area contributed by atoms with Crippen molar-refractivity contribution < 1.29 is 18.7 Å². The number of ether oxygens (including phenoxy) is 2. The van der Waals surface area contributed by atoms with Crippen molar-refractivity contribution in [1.29, 1.82) is 5.26 Å². The maximum Gasteiger partial charge on any atom is 0.410 e. The molecular formula is C17H21FN2O3. The molecule has 1 aromatic rings. The van der Waals surface area contributed by atoms with Gasteiger partial charge in [0.1, 0.15) is 11.7 Å². The Bertz CT molecular complexity index is 611. The van der Waals surface area contributed by atoms with Crippen LogP contribution in [0.15, 0.2) is 18.2 Å². The lowest BCUT2D eigenvalue weighted by molar-refractivity contribution is 0.0123. The summed E-state index contributed by atoms with van der Waals surface area (Å²) in [5, 5.41) is 8.73. The molecule has 0 spiro atoms. The smallest absolute Gasteiger partial charge is 0.410 e. The average Bonchev–Trinajstić information content (AvgIpc) is 2.48. The highest BCUT2D eigenvalue weighted by Gasteiger charge is 2.28. The molecule has 0 unspecified atom stereocenters. The number of nitriles is 1. The van der Waals surface area contributed by atoms with Gasteiger partial charge in [0.2, 0.25) is 0 Å². The fourth-order valence-electron chi connectivity index (χ4n) is 2.33. The maximum absolute atomic E-state index is 13.8. The van der Waals surface area contributed by atoms with Crippen LogP contribution in [0.5, 0.6) is 5.75 Å². The van der Waals surface area contributed by atoms with E-state index < -0.39 is 11.4 Å². The third kappa shape index (κ3) is 4.85. The van der Waals surface area contributed by atoms with E-state index in [9.17, 15) is 9.18 Å². The van der Waals surface area contributed by atoms with E-state index in [1.54, 1.807) is 4.90 Å². The summed E-state index contributed by atoms with van der Waals surface area (Å²) in [6, 6.07) is 6.03. The van der Waals surface area contributed by atoms with Gasteiger partial charge in [0, 0.05) is 25.9 Å². The van der Waals surface area contributed by atoms with Crippen LogP contribution in [0.1, 0.15) is 39.2 Å². The van der Waals surface area contributed by atoms with Gasteiger partial charge in [0.05, 0.1) is 11.6 Å². The number of amides is 1. The van der Waals surface area contributed by atoms with Crippen LogP contribution in [-0.4, -0.2) is 35.8 Å². The van der Waals surface area contributed by atoms with Gasteiger partial charge < -0.3 is 14.4 Å². The van der Waals surface area contributed by atoms with Crippen LogP contribution in [0.2, 0.25) is 0 Å². The first-order valence-corrected chi connectivity index (χ1v) is 7.63. The molecule has 2 rings (SSSR count). The van der Waals surface area contributed by atoms with E-state index in [1.807, 2.05) is 26.8 Å². The van der Waals surface area contributed by atoms with E-state index in [-0.39, 0.29) is 23.5 Å². The van der Waals surface area contributed by atoms with Crippen molar-refractivity contribution in [3.63, 3.8) is 0 Å². The largest absolute Gasteiger partial charge is 0.487 e. The molecule has 0 bridgehead atoms. The molecule has 124 valence electrons. The number of nitrogens with zero attached hydrogens (tertiary/aromatic N) is 2. The first-order chi connectivity index (χ1) is 10.8. The Kier molecular flexibility index (Phi) is 5.09. The number of piperidine rings is 1. The molecule has 5 nitrogen and oxygen atoms in total. The van der Waals surface area contributed by atoms with E-state index in [1.165, 1.54) is 12.1 Å². The zero-order valence-corrected chi connectivity index (χ0v) is 13.6. The Balaban J connectivity index is 1.88. The minimum Gasteiger partial charge on any atom is -0.487 e. The Hall–Kier alpha value is -2.29. The molecule has 1 aromatic carbocycles. The van der Waals surface area contributed by atoms with Crippen molar-refractivity contribution in [3.05, 3.63) is 29.6 Å². The maximum atomic E-state index is 13.8. The highest BCUT2D eigenvalue weighted by atomic mass is 19.1. The second kappa shape index (κ2) is 6.86. The Morgan fingerprint density at radius 3 is 2.52 bits per heavy atom. The van der Waals surface area contributed by atoms with Crippen molar-refractivity contribution in [1.82, 2.24) is 4.90 Å². The summed E-state index contributed by atoms with van der Waals surface area (Å²) in [5.74, 6) is -0.404. The number of carbonyl (C=O) groups is 1. The SMILES string of the molecule is CC(C)(C)OC(=O)N1CCC(Oc2ccc(C#N)cc2F)CC1. The van der Waals surface area contributed by atoms with Crippen LogP contribution in [0, 0.1) is 17.1 Å². The van der Waals surface area contributed by atoms with Gasteiger partial charge in [-0.25, -0.2) is 9.18 Å². The van der Waals surface area contributed by atoms with Crippen LogP contribution < -0.4 is 4.74 Å². The van der Waals surface area contributed by atoms with E-state index >= 15 is 0 Å².